The average Bonchev–Trinajstić information content (AvgIpc) is 2.74. The summed E-state index contributed by atoms with van der Waals surface area (Å²) in [7, 11) is 0. The van der Waals surface area contributed by atoms with Crippen molar-refractivity contribution < 1.29 is 33.3 Å². The van der Waals surface area contributed by atoms with Crippen LogP contribution in [0.4, 0.5) is 0 Å². The highest BCUT2D eigenvalue weighted by atomic mass is 16.6. The SMILES string of the molecule is CC(=O)O[C@H]1[C@@H](OC(=O)c2ccccc2)C=CO[C@@H]1COC(=O)c1ccccc1. The van der Waals surface area contributed by atoms with E-state index < -0.39 is 36.2 Å². The van der Waals surface area contributed by atoms with Gasteiger partial charge in [0.2, 0.25) is 0 Å². The lowest BCUT2D eigenvalue weighted by Gasteiger charge is -2.33. The Labute approximate surface area is 167 Å². The molecule has 2 aromatic rings. The van der Waals surface area contributed by atoms with Gasteiger partial charge in [0.05, 0.1) is 17.4 Å². The lowest BCUT2D eigenvalue weighted by atomic mass is 10.1. The molecule has 2 aromatic carbocycles. The first-order valence-corrected chi connectivity index (χ1v) is 9.02. The first-order valence-electron chi connectivity index (χ1n) is 9.02. The van der Waals surface area contributed by atoms with Gasteiger partial charge in [-0.3, -0.25) is 4.79 Å². The zero-order valence-electron chi connectivity index (χ0n) is 15.7. The molecule has 1 heterocycles. The largest absolute Gasteiger partial charge is 0.491 e. The first-order chi connectivity index (χ1) is 14.0. The van der Waals surface area contributed by atoms with Gasteiger partial charge in [0.1, 0.15) is 6.61 Å². The molecule has 3 atom stereocenters. The molecule has 0 N–H and O–H groups in total. The second-order valence-corrected chi connectivity index (χ2v) is 6.28. The number of ether oxygens (including phenoxy) is 4. The highest BCUT2D eigenvalue weighted by Gasteiger charge is 2.38. The summed E-state index contributed by atoms with van der Waals surface area (Å²) in [5, 5.41) is 0. The summed E-state index contributed by atoms with van der Waals surface area (Å²) in [5.74, 6) is -1.68. The van der Waals surface area contributed by atoms with Gasteiger partial charge < -0.3 is 18.9 Å². The van der Waals surface area contributed by atoms with Gasteiger partial charge in [0.15, 0.2) is 18.3 Å². The van der Waals surface area contributed by atoms with Gasteiger partial charge in [0, 0.05) is 6.92 Å². The van der Waals surface area contributed by atoms with Gasteiger partial charge in [-0.2, -0.15) is 0 Å². The molecule has 3 rings (SSSR count). The van der Waals surface area contributed by atoms with Crippen LogP contribution in [0.15, 0.2) is 73.0 Å². The predicted octanol–water partition coefficient (Wildman–Crippen LogP) is 2.91. The molecular weight excluding hydrogens is 376 g/mol. The first kappa shape index (κ1) is 20.1. The maximum absolute atomic E-state index is 12.4. The van der Waals surface area contributed by atoms with Crippen molar-refractivity contribution in [2.75, 3.05) is 6.61 Å². The number of hydrogen-bond acceptors (Lipinski definition) is 7. The Kier molecular flexibility index (Phi) is 6.63. The minimum Gasteiger partial charge on any atom is -0.491 e. The summed E-state index contributed by atoms with van der Waals surface area (Å²) in [6.07, 6.45) is 0.133. The van der Waals surface area contributed by atoms with E-state index in [2.05, 4.69) is 0 Å². The van der Waals surface area contributed by atoms with E-state index in [1.54, 1.807) is 60.7 Å². The third-order valence-electron chi connectivity index (χ3n) is 4.15. The fourth-order valence-electron chi connectivity index (χ4n) is 2.78. The monoisotopic (exact) mass is 396 g/mol. The minimum atomic E-state index is -0.964. The molecule has 1 aliphatic rings. The van der Waals surface area contributed by atoms with Crippen molar-refractivity contribution in [3.63, 3.8) is 0 Å². The van der Waals surface area contributed by atoms with Crippen LogP contribution >= 0.6 is 0 Å². The van der Waals surface area contributed by atoms with Crippen LogP contribution < -0.4 is 0 Å². The zero-order valence-corrected chi connectivity index (χ0v) is 15.7. The van der Waals surface area contributed by atoms with E-state index in [9.17, 15) is 14.4 Å². The van der Waals surface area contributed by atoms with Crippen molar-refractivity contribution in [2.24, 2.45) is 0 Å². The molecule has 0 aromatic heterocycles. The quantitative estimate of drug-likeness (QED) is 0.548. The number of carbonyl (C=O) groups is 3. The van der Waals surface area contributed by atoms with Crippen molar-refractivity contribution >= 4 is 17.9 Å². The number of rotatable bonds is 6. The molecule has 7 nitrogen and oxygen atoms in total. The summed E-state index contributed by atoms with van der Waals surface area (Å²) in [6.45, 7) is 1.05. The fraction of sp³-hybridized carbons (Fsp3) is 0.227. The molecule has 0 saturated carbocycles. The molecule has 0 fully saturated rings. The van der Waals surface area contributed by atoms with E-state index in [4.69, 9.17) is 18.9 Å². The summed E-state index contributed by atoms with van der Waals surface area (Å²) in [6, 6.07) is 16.9. The van der Waals surface area contributed by atoms with Crippen molar-refractivity contribution in [1.82, 2.24) is 0 Å². The smallest absolute Gasteiger partial charge is 0.338 e. The van der Waals surface area contributed by atoms with Crippen molar-refractivity contribution in [2.45, 2.75) is 25.2 Å². The van der Waals surface area contributed by atoms with Crippen LogP contribution in [0.1, 0.15) is 27.6 Å². The normalized spacial score (nSPS) is 20.2. The van der Waals surface area contributed by atoms with E-state index in [1.807, 2.05) is 0 Å². The lowest BCUT2D eigenvalue weighted by Crippen LogP contribution is -2.47. The van der Waals surface area contributed by atoms with Gasteiger partial charge in [-0.25, -0.2) is 9.59 Å². The van der Waals surface area contributed by atoms with Gasteiger partial charge in [0.25, 0.3) is 0 Å². The van der Waals surface area contributed by atoms with Crippen LogP contribution in [0.25, 0.3) is 0 Å². The summed E-state index contributed by atoms with van der Waals surface area (Å²) in [4.78, 5) is 36.1. The van der Waals surface area contributed by atoms with Crippen molar-refractivity contribution in [1.29, 1.82) is 0 Å². The van der Waals surface area contributed by atoms with Crippen LogP contribution in [0.2, 0.25) is 0 Å². The van der Waals surface area contributed by atoms with Crippen LogP contribution in [0.5, 0.6) is 0 Å². The Bertz CT molecular complexity index is 877. The zero-order chi connectivity index (χ0) is 20.6. The minimum absolute atomic E-state index is 0.185. The molecule has 0 aliphatic carbocycles. The Hall–Kier alpha value is -3.61. The molecule has 1 aliphatic heterocycles. The van der Waals surface area contributed by atoms with Crippen molar-refractivity contribution in [3.8, 4) is 0 Å². The maximum atomic E-state index is 12.4. The molecular formula is C22H20O7. The highest BCUT2D eigenvalue weighted by molar-refractivity contribution is 5.90. The molecule has 0 radical (unpaired) electrons. The van der Waals surface area contributed by atoms with Crippen LogP contribution in [0, 0.1) is 0 Å². The number of hydrogen-bond donors (Lipinski definition) is 0. The summed E-state index contributed by atoms with van der Waals surface area (Å²) in [5.41, 5.74) is 0.746. The van der Waals surface area contributed by atoms with Gasteiger partial charge in [-0.1, -0.05) is 36.4 Å². The van der Waals surface area contributed by atoms with Crippen LogP contribution in [-0.4, -0.2) is 42.8 Å². The molecule has 150 valence electrons. The molecule has 0 bridgehead atoms. The van der Waals surface area contributed by atoms with Crippen molar-refractivity contribution in [3.05, 3.63) is 84.1 Å². The molecule has 0 amide bonds. The van der Waals surface area contributed by atoms with Crippen LogP contribution in [0.3, 0.4) is 0 Å². The highest BCUT2D eigenvalue weighted by Crippen LogP contribution is 2.21. The van der Waals surface area contributed by atoms with Gasteiger partial charge >= 0.3 is 17.9 Å². The average molecular weight is 396 g/mol. The maximum Gasteiger partial charge on any atom is 0.338 e. The van der Waals surface area contributed by atoms with Gasteiger partial charge in [-0.15, -0.1) is 0 Å². The Morgan fingerprint density at radius 1 is 0.862 bits per heavy atom. The van der Waals surface area contributed by atoms with E-state index in [0.29, 0.717) is 11.1 Å². The molecule has 0 saturated heterocycles. The summed E-state index contributed by atoms with van der Waals surface area (Å²) >= 11 is 0. The van der Waals surface area contributed by atoms with Gasteiger partial charge in [-0.05, 0) is 30.3 Å². The molecule has 7 heteroatoms. The van der Waals surface area contributed by atoms with E-state index in [0.717, 1.165) is 0 Å². The standard InChI is InChI=1S/C22H20O7/c1-15(23)28-20-18(29-22(25)17-10-6-3-7-11-17)12-13-26-19(20)14-27-21(24)16-8-4-2-5-9-16/h2-13,18-20H,14H2,1H3/t18-,19+,20-/m0/s1. The van der Waals surface area contributed by atoms with E-state index in [-0.39, 0.29) is 6.61 Å². The van der Waals surface area contributed by atoms with Crippen LogP contribution in [-0.2, 0) is 23.7 Å². The Morgan fingerprint density at radius 3 is 2.03 bits per heavy atom. The number of esters is 3. The van der Waals surface area contributed by atoms with E-state index >= 15 is 0 Å². The molecule has 29 heavy (non-hydrogen) atoms. The number of carbonyl (C=O) groups excluding carboxylic acids is 3. The topological polar surface area (TPSA) is 88.1 Å². The number of benzene rings is 2. The lowest BCUT2D eigenvalue weighted by molar-refractivity contribution is -0.165. The second-order valence-electron chi connectivity index (χ2n) is 6.28. The molecule has 0 spiro atoms. The predicted molar refractivity (Wildman–Crippen MR) is 102 cm³/mol. The Morgan fingerprint density at radius 2 is 1.45 bits per heavy atom. The Balaban J connectivity index is 1.68. The second kappa shape index (κ2) is 9.54. The summed E-state index contributed by atoms with van der Waals surface area (Å²) < 4.78 is 21.6. The third-order valence-corrected chi connectivity index (χ3v) is 4.15. The fourth-order valence-corrected chi connectivity index (χ4v) is 2.78. The molecule has 0 unspecified atom stereocenters. The third kappa shape index (κ3) is 5.44. The van der Waals surface area contributed by atoms with E-state index in [1.165, 1.54) is 19.3 Å².